The van der Waals surface area contributed by atoms with Gasteiger partial charge in [-0.05, 0) is 38.1 Å². The van der Waals surface area contributed by atoms with E-state index in [2.05, 4.69) is 10.6 Å². The van der Waals surface area contributed by atoms with Crippen molar-refractivity contribution in [1.29, 1.82) is 0 Å². The first-order valence-electron chi connectivity index (χ1n) is 6.73. The molecule has 0 unspecified atom stereocenters. The largest absolute Gasteiger partial charge is 0.487 e. The Morgan fingerprint density at radius 1 is 1.19 bits per heavy atom. The molecule has 1 aliphatic rings. The van der Waals surface area contributed by atoms with Crippen molar-refractivity contribution in [1.82, 2.24) is 5.32 Å². The molecule has 6 heteroatoms. The molecule has 1 aromatic carbocycles. The fraction of sp³-hybridized carbons (Fsp3) is 0.333. The Balaban J connectivity index is 1.97. The molecular weight excluding hydrogens is 288 g/mol. The Hall–Kier alpha value is -1.95. The van der Waals surface area contributed by atoms with E-state index in [0.717, 1.165) is 5.75 Å². The van der Waals surface area contributed by atoms with Crippen LogP contribution in [-0.2, 0) is 9.53 Å². The molecule has 2 amide bonds. The molecule has 1 heterocycles. The number of benzene rings is 1. The van der Waals surface area contributed by atoms with Crippen LogP contribution in [0.2, 0.25) is 0 Å². The van der Waals surface area contributed by atoms with E-state index in [-0.39, 0.29) is 17.9 Å². The van der Waals surface area contributed by atoms with E-state index in [1.54, 1.807) is 41.4 Å². The molecule has 0 aromatic heterocycles. The van der Waals surface area contributed by atoms with E-state index in [0.29, 0.717) is 23.6 Å². The number of ether oxygens (including phenoxy) is 1. The van der Waals surface area contributed by atoms with E-state index < -0.39 is 0 Å². The maximum atomic E-state index is 11.9. The lowest BCUT2D eigenvalue weighted by Gasteiger charge is -2.14. The van der Waals surface area contributed by atoms with Crippen molar-refractivity contribution >= 4 is 29.3 Å². The van der Waals surface area contributed by atoms with Crippen molar-refractivity contribution in [3.8, 4) is 0 Å². The predicted molar refractivity (Wildman–Crippen MR) is 84.2 cm³/mol. The minimum atomic E-state index is -0.276. The van der Waals surface area contributed by atoms with Gasteiger partial charge in [0.1, 0.15) is 0 Å². The normalized spacial score (nSPS) is 14.1. The highest BCUT2D eigenvalue weighted by Crippen LogP contribution is 2.17. The second-order valence-corrected chi connectivity index (χ2v) is 5.84. The number of amides is 2. The van der Waals surface area contributed by atoms with E-state index in [4.69, 9.17) is 4.74 Å². The van der Waals surface area contributed by atoms with Gasteiger partial charge in [-0.25, -0.2) is 0 Å². The van der Waals surface area contributed by atoms with Crippen molar-refractivity contribution in [2.75, 3.05) is 17.7 Å². The number of hydrogen-bond acceptors (Lipinski definition) is 4. The Morgan fingerprint density at radius 2 is 1.90 bits per heavy atom. The van der Waals surface area contributed by atoms with Crippen LogP contribution in [0.3, 0.4) is 0 Å². The highest BCUT2D eigenvalue weighted by atomic mass is 32.2. The van der Waals surface area contributed by atoms with Crippen LogP contribution in [0.4, 0.5) is 5.69 Å². The van der Waals surface area contributed by atoms with Gasteiger partial charge in [-0.15, -0.1) is 11.8 Å². The topological polar surface area (TPSA) is 67.4 Å². The maximum absolute atomic E-state index is 11.9. The number of thioether (sulfide) groups is 1. The number of hydrogen-bond donors (Lipinski definition) is 2. The summed E-state index contributed by atoms with van der Waals surface area (Å²) in [7, 11) is 0. The lowest BCUT2D eigenvalue weighted by Crippen LogP contribution is -2.30. The van der Waals surface area contributed by atoms with E-state index in [1.165, 1.54) is 0 Å². The van der Waals surface area contributed by atoms with Crippen molar-refractivity contribution in [3.63, 3.8) is 0 Å². The molecule has 0 fully saturated rings. The molecular formula is C15H18N2O3S. The monoisotopic (exact) mass is 306 g/mol. The second-order valence-electron chi connectivity index (χ2n) is 4.86. The standard InChI is InChI=1S/C15H18N2O3S/c1-10(2)16-14(18)11-3-5-12(6-4-11)17-15(19)13-9-21-8-7-20-13/h3-6,9-10H,7-8H2,1-2H3,(H,16,18)(H,17,19). The summed E-state index contributed by atoms with van der Waals surface area (Å²) in [5.74, 6) is 0.781. The van der Waals surface area contributed by atoms with Gasteiger partial charge >= 0.3 is 0 Å². The molecule has 0 saturated carbocycles. The van der Waals surface area contributed by atoms with Gasteiger partial charge in [0.2, 0.25) is 0 Å². The van der Waals surface area contributed by atoms with Crippen molar-refractivity contribution in [2.45, 2.75) is 19.9 Å². The quantitative estimate of drug-likeness (QED) is 0.896. The third-order valence-corrected chi connectivity index (χ3v) is 3.48. The molecule has 21 heavy (non-hydrogen) atoms. The summed E-state index contributed by atoms with van der Waals surface area (Å²) >= 11 is 1.55. The SMILES string of the molecule is CC(C)NC(=O)c1ccc(NC(=O)C2=CSCCO2)cc1. The maximum Gasteiger partial charge on any atom is 0.291 e. The minimum Gasteiger partial charge on any atom is -0.487 e. The Labute approximate surface area is 128 Å². The third kappa shape index (κ3) is 4.53. The molecule has 2 rings (SSSR count). The third-order valence-electron chi connectivity index (χ3n) is 2.70. The molecule has 0 aliphatic carbocycles. The van der Waals surface area contributed by atoms with E-state index >= 15 is 0 Å². The zero-order valence-corrected chi connectivity index (χ0v) is 12.8. The molecule has 2 N–H and O–H groups in total. The van der Waals surface area contributed by atoms with Gasteiger partial charge < -0.3 is 15.4 Å². The fourth-order valence-corrected chi connectivity index (χ4v) is 2.35. The summed E-state index contributed by atoms with van der Waals surface area (Å²) in [5.41, 5.74) is 1.19. The minimum absolute atomic E-state index is 0.0877. The highest BCUT2D eigenvalue weighted by molar-refractivity contribution is 8.02. The van der Waals surface area contributed by atoms with Crippen LogP contribution in [0, 0.1) is 0 Å². The van der Waals surface area contributed by atoms with Crippen LogP contribution in [0.15, 0.2) is 35.4 Å². The van der Waals surface area contributed by atoms with Crippen LogP contribution in [-0.4, -0.2) is 30.2 Å². The summed E-state index contributed by atoms with van der Waals surface area (Å²) in [6.45, 7) is 4.35. The molecule has 1 aromatic rings. The summed E-state index contributed by atoms with van der Waals surface area (Å²) in [4.78, 5) is 23.7. The molecule has 0 saturated heterocycles. The van der Waals surface area contributed by atoms with E-state index in [1.807, 2.05) is 13.8 Å². The van der Waals surface area contributed by atoms with Gasteiger partial charge in [-0.3, -0.25) is 9.59 Å². The summed E-state index contributed by atoms with van der Waals surface area (Å²) < 4.78 is 5.28. The van der Waals surface area contributed by atoms with Gasteiger partial charge in [0.25, 0.3) is 11.8 Å². The summed E-state index contributed by atoms with van der Waals surface area (Å²) in [6.07, 6.45) is 0. The number of carbonyl (C=O) groups excluding carboxylic acids is 2. The van der Waals surface area contributed by atoms with Crippen LogP contribution >= 0.6 is 11.8 Å². The second kappa shape index (κ2) is 7.17. The van der Waals surface area contributed by atoms with Crippen molar-refractivity contribution in [2.24, 2.45) is 0 Å². The first-order valence-corrected chi connectivity index (χ1v) is 7.78. The number of carbonyl (C=O) groups is 2. The van der Waals surface area contributed by atoms with Crippen molar-refractivity contribution < 1.29 is 14.3 Å². The predicted octanol–water partition coefficient (Wildman–Crippen LogP) is 2.37. The first kappa shape index (κ1) is 15.4. The highest BCUT2D eigenvalue weighted by Gasteiger charge is 2.14. The van der Waals surface area contributed by atoms with Crippen LogP contribution in [0.25, 0.3) is 0 Å². The van der Waals surface area contributed by atoms with Crippen LogP contribution in [0.5, 0.6) is 0 Å². The Kier molecular flexibility index (Phi) is 5.27. The van der Waals surface area contributed by atoms with Gasteiger partial charge in [0.05, 0.1) is 6.61 Å². The summed E-state index contributed by atoms with van der Waals surface area (Å²) in [5, 5.41) is 7.27. The zero-order chi connectivity index (χ0) is 15.2. The van der Waals surface area contributed by atoms with Gasteiger partial charge in [0, 0.05) is 28.5 Å². The Bertz CT molecular complexity index is 553. The average Bonchev–Trinajstić information content (AvgIpc) is 2.48. The molecule has 5 nitrogen and oxygen atoms in total. The number of nitrogens with one attached hydrogen (secondary N) is 2. The van der Waals surface area contributed by atoms with Crippen molar-refractivity contribution in [3.05, 3.63) is 41.0 Å². The lowest BCUT2D eigenvalue weighted by molar-refractivity contribution is -0.116. The van der Waals surface area contributed by atoms with Gasteiger partial charge in [-0.2, -0.15) is 0 Å². The smallest absolute Gasteiger partial charge is 0.291 e. The fourth-order valence-electron chi connectivity index (χ4n) is 1.73. The number of anilines is 1. The Morgan fingerprint density at radius 3 is 2.48 bits per heavy atom. The molecule has 0 radical (unpaired) electrons. The van der Waals surface area contributed by atoms with Crippen LogP contribution < -0.4 is 10.6 Å². The number of rotatable bonds is 4. The first-order chi connectivity index (χ1) is 10.1. The van der Waals surface area contributed by atoms with Gasteiger partial charge in [-0.1, -0.05) is 0 Å². The molecule has 1 aliphatic heterocycles. The molecule has 112 valence electrons. The van der Waals surface area contributed by atoms with E-state index in [9.17, 15) is 9.59 Å². The van der Waals surface area contributed by atoms with Gasteiger partial charge in [0.15, 0.2) is 5.76 Å². The average molecular weight is 306 g/mol. The molecule has 0 bridgehead atoms. The summed E-state index contributed by atoms with van der Waals surface area (Å²) in [6, 6.07) is 6.84. The zero-order valence-electron chi connectivity index (χ0n) is 12.0. The van der Waals surface area contributed by atoms with Crippen LogP contribution in [0.1, 0.15) is 24.2 Å². The molecule has 0 spiro atoms. The molecule has 0 atom stereocenters. The lowest BCUT2D eigenvalue weighted by atomic mass is 10.2.